The smallest absolute Gasteiger partial charge is 0.00923 e. The van der Waals surface area contributed by atoms with Crippen molar-refractivity contribution in [1.29, 1.82) is 0 Å². The Morgan fingerprint density at radius 3 is 2.58 bits per heavy atom. The van der Waals surface area contributed by atoms with Crippen molar-refractivity contribution in [2.75, 3.05) is 0 Å². The van der Waals surface area contributed by atoms with Crippen LogP contribution >= 0.6 is 0 Å². The Morgan fingerprint density at radius 1 is 1.42 bits per heavy atom. The van der Waals surface area contributed by atoms with Gasteiger partial charge in [-0.1, -0.05) is 30.9 Å². The number of allylic oxidation sites excluding steroid dienone is 4. The quantitative estimate of drug-likeness (QED) is 0.437. The number of unbranched alkanes of at least 4 members (excludes halogenated alkanes) is 1. The average molecular weight is 162 g/mol. The largest absolute Gasteiger partial charge is 0.115 e. The summed E-state index contributed by atoms with van der Waals surface area (Å²) in [4.78, 5) is 0. The van der Waals surface area contributed by atoms with Crippen molar-refractivity contribution in [1.82, 2.24) is 0 Å². The third kappa shape index (κ3) is 5.80. The third-order valence-corrected chi connectivity index (χ3v) is 1.71. The molecular formula is C12H18. The van der Waals surface area contributed by atoms with E-state index < -0.39 is 0 Å². The molecule has 0 aromatic carbocycles. The van der Waals surface area contributed by atoms with Gasteiger partial charge in [0.15, 0.2) is 0 Å². The molecule has 0 amide bonds. The minimum absolute atomic E-state index is 1.17. The molecule has 12 heavy (non-hydrogen) atoms. The van der Waals surface area contributed by atoms with E-state index in [0.29, 0.717) is 0 Å². The zero-order valence-corrected chi connectivity index (χ0v) is 8.35. The van der Waals surface area contributed by atoms with Gasteiger partial charge in [0.25, 0.3) is 0 Å². The zero-order valence-electron chi connectivity index (χ0n) is 8.35. The molecule has 0 N–H and O–H groups in total. The van der Waals surface area contributed by atoms with Crippen LogP contribution in [0.4, 0.5) is 0 Å². The summed E-state index contributed by atoms with van der Waals surface area (Å²) in [6.07, 6.45) is 12.8. The lowest BCUT2D eigenvalue weighted by molar-refractivity contribution is 0.787. The highest BCUT2D eigenvalue weighted by atomic mass is 13.9. The van der Waals surface area contributed by atoms with E-state index in [1.165, 1.54) is 30.4 Å². The lowest BCUT2D eigenvalue weighted by Gasteiger charge is -1.98. The van der Waals surface area contributed by atoms with Crippen molar-refractivity contribution in [2.24, 2.45) is 0 Å². The Labute approximate surface area is 76.4 Å². The van der Waals surface area contributed by atoms with Crippen LogP contribution in [0.25, 0.3) is 0 Å². The second-order valence-corrected chi connectivity index (χ2v) is 3.15. The van der Waals surface area contributed by atoms with Gasteiger partial charge in [-0.15, -0.1) is 6.42 Å². The topological polar surface area (TPSA) is 0 Å². The maximum Gasteiger partial charge on any atom is -0.00923 e. The summed E-state index contributed by atoms with van der Waals surface area (Å²) in [6, 6.07) is 0. The molecule has 0 radical (unpaired) electrons. The van der Waals surface area contributed by atoms with Crippen molar-refractivity contribution >= 4 is 0 Å². The zero-order chi connectivity index (χ0) is 9.40. The summed E-state index contributed by atoms with van der Waals surface area (Å²) in [5.74, 6) is 2.52. The number of rotatable bonds is 4. The van der Waals surface area contributed by atoms with Gasteiger partial charge in [-0.3, -0.25) is 0 Å². The Morgan fingerprint density at radius 2 is 2.08 bits per heavy atom. The van der Waals surface area contributed by atoms with Gasteiger partial charge in [0, 0.05) is 0 Å². The summed E-state index contributed by atoms with van der Waals surface area (Å²) in [7, 11) is 0. The summed E-state index contributed by atoms with van der Waals surface area (Å²) in [6.45, 7) is 6.40. The van der Waals surface area contributed by atoms with Crippen molar-refractivity contribution < 1.29 is 0 Å². The Balaban J connectivity index is 3.99. The van der Waals surface area contributed by atoms with Crippen LogP contribution in [-0.2, 0) is 0 Å². The highest BCUT2D eigenvalue weighted by molar-refractivity contribution is 5.27. The van der Waals surface area contributed by atoms with Gasteiger partial charge < -0.3 is 0 Å². The van der Waals surface area contributed by atoms with Gasteiger partial charge in [-0.25, -0.2) is 0 Å². The van der Waals surface area contributed by atoms with Crippen molar-refractivity contribution in [3.05, 3.63) is 23.3 Å². The van der Waals surface area contributed by atoms with Gasteiger partial charge in [0.2, 0.25) is 0 Å². The summed E-state index contributed by atoms with van der Waals surface area (Å²) < 4.78 is 0. The SMILES string of the molecule is C#CC=C(C)C=C(C)CCCC. The average Bonchev–Trinajstić information content (AvgIpc) is 2.01. The molecule has 0 aromatic rings. The predicted octanol–water partition coefficient (Wildman–Crippen LogP) is 3.70. The number of terminal acetylenes is 1. The first-order valence-corrected chi connectivity index (χ1v) is 4.50. The van der Waals surface area contributed by atoms with Gasteiger partial charge >= 0.3 is 0 Å². The maximum atomic E-state index is 5.15. The molecule has 0 aromatic heterocycles. The van der Waals surface area contributed by atoms with Crippen molar-refractivity contribution in [2.45, 2.75) is 40.0 Å². The van der Waals surface area contributed by atoms with E-state index in [2.05, 4.69) is 25.8 Å². The molecule has 0 aliphatic heterocycles. The van der Waals surface area contributed by atoms with E-state index in [1.807, 2.05) is 6.92 Å². The van der Waals surface area contributed by atoms with Crippen LogP contribution in [0.1, 0.15) is 40.0 Å². The van der Waals surface area contributed by atoms with Crippen LogP contribution in [0, 0.1) is 12.3 Å². The lowest BCUT2D eigenvalue weighted by atomic mass is 10.1. The number of hydrogen-bond acceptors (Lipinski definition) is 0. The Hall–Kier alpha value is -0.960. The Bertz CT molecular complexity index is 211. The van der Waals surface area contributed by atoms with Crippen LogP contribution in [-0.4, -0.2) is 0 Å². The minimum Gasteiger partial charge on any atom is -0.115 e. The fourth-order valence-corrected chi connectivity index (χ4v) is 1.09. The molecular weight excluding hydrogens is 144 g/mol. The first kappa shape index (κ1) is 11.0. The molecule has 0 fully saturated rings. The fourth-order valence-electron chi connectivity index (χ4n) is 1.09. The standard InChI is InChI=1S/C12H18/c1-5-7-9-12(4)10-11(3)8-6-2/h2,8,10H,5,7,9H2,1,3-4H3. The highest BCUT2D eigenvalue weighted by Crippen LogP contribution is 2.09. The van der Waals surface area contributed by atoms with Crippen LogP contribution < -0.4 is 0 Å². The molecule has 0 unspecified atom stereocenters. The molecule has 0 atom stereocenters. The first-order valence-electron chi connectivity index (χ1n) is 4.50. The summed E-state index contributed by atoms with van der Waals surface area (Å²) >= 11 is 0. The lowest BCUT2D eigenvalue weighted by Crippen LogP contribution is -1.78. The van der Waals surface area contributed by atoms with Crippen LogP contribution in [0.2, 0.25) is 0 Å². The molecule has 0 saturated carbocycles. The molecule has 0 rings (SSSR count). The maximum absolute atomic E-state index is 5.15. The molecule has 0 aliphatic rings. The fraction of sp³-hybridized carbons (Fsp3) is 0.500. The second kappa shape index (κ2) is 6.73. The molecule has 0 heteroatoms. The van der Waals surface area contributed by atoms with Gasteiger partial charge in [0.1, 0.15) is 0 Å². The molecule has 0 spiro atoms. The van der Waals surface area contributed by atoms with E-state index in [-0.39, 0.29) is 0 Å². The highest BCUT2D eigenvalue weighted by Gasteiger charge is 1.89. The summed E-state index contributed by atoms with van der Waals surface area (Å²) in [5, 5.41) is 0. The molecule has 0 heterocycles. The molecule has 0 bridgehead atoms. The first-order chi connectivity index (χ1) is 5.70. The van der Waals surface area contributed by atoms with E-state index in [1.54, 1.807) is 6.08 Å². The molecule has 0 saturated heterocycles. The van der Waals surface area contributed by atoms with Crippen LogP contribution in [0.15, 0.2) is 23.3 Å². The second-order valence-electron chi connectivity index (χ2n) is 3.15. The monoisotopic (exact) mass is 162 g/mol. The van der Waals surface area contributed by atoms with Crippen molar-refractivity contribution in [3.63, 3.8) is 0 Å². The Kier molecular flexibility index (Phi) is 6.19. The molecule has 0 aliphatic carbocycles. The normalized spacial score (nSPS) is 12.8. The van der Waals surface area contributed by atoms with E-state index in [9.17, 15) is 0 Å². The molecule has 0 nitrogen and oxygen atoms in total. The van der Waals surface area contributed by atoms with Crippen LogP contribution in [0.5, 0.6) is 0 Å². The van der Waals surface area contributed by atoms with Gasteiger partial charge in [-0.2, -0.15) is 0 Å². The predicted molar refractivity (Wildman–Crippen MR) is 55.9 cm³/mol. The molecule has 66 valence electrons. The third-order valence-electron chi connectivity index (χ3n) is 1.71. The van der Waals surface area contributed by atoms with E-state index in [4.69, 9.17) is 6.42 Å². The van der Waals surface area contributed by atoms with E-state index in [0.717, 1.165) is 0 Å². The van der Waals surface area contributed by atoms with E-state index >= 15 is 0 Å². The van der Waals surface area contributed by atoms with Crippen LogP contribution in [0.3, 0.4) is 0 Å². The van der Waals surface area contributed by atoms with Gasteiger partial charge in [0.05, 0.1) is 0 Å². The summed E-state index contributed by atoms with van der Waals surface area (Å²) in [5.41, 5.74) is 2.59. The van der Waals surface area contributed by atoms with Crippen molar-refractivity contribution in [3.8, 4) is 12.3 Å². The number of hydrogen-bond donors (Lipinski definition) is 0. The minimum atomic E-state index is 1.17. The van der Waals surface area contributed by atoms with Gasteiger partial charge in [-0.05, 0) is 38.3 Å².